The van der Waals surface area contributed by atoms with E-state index in [4.69, 9.17) is 16.1 Å². The smallest absolute Gasteiger partial charge is 0.246 e. The first-order valence-electron chi connectivity index (χ1n) is 7.07. The van der Waals surface area contributed by atoms with E-state index in [0.717, 1.165) is 12.0 Å². The minimum absolute atomic E-state index is 0.0394. The van der Waals surface area contributed by atoms with Gasteiger partial charge in [0.1, 0.15) is 0 Å². The minimum atomic E-state index is -0.0394. The van der Waals surface area contributed by atoms with Gasteiger partial charge in [0, 0.05) is 17.0 Å². The molecule has 1 N–H and O–H groups in total. The van der Waals surface area contributed by atoms with Crippen molar-refractivity contribution in [3.63, 3.8) is 0 Å². The standard InChI is InChI=1S/C16H14ClN3O2S/c17-13-4-2-12(3-5-13)16-19-15(22-20-16)9-18-14(21)6-1-11-7-8-23-10-11/h2-5,7-8,10H,1,6,9H2,(H,18,21). The lowest BCUT2D eigenvalue weighted by Crippen LogP contribution is -2.23. The van der Waals surface area contributed by atoms with Gasteiger partial charge in [-0.25, -0.2) is 0 Å². The lowest BCUT2D eigenvalue weighted by Gasteiger charge is -2.01. The molecular formula is C16H14ClN3O2S. The number of rotatable bonds is 6. The van der Waals surface area contributed by atoms with E-state index < -0.39 is 0 Å². The monoisotopic (exact) mass is 347 g/mol. The van der Waals surface area contributed by atoms with Crippen molar-refractivity contribution in [3.8, 4) is 11.4 Å². The first-order chi connectivity index (χ1) is 11.2. The number of nitrogens with zero attached hydrogens (tertiary/aromatic N) is 2. The number of halogens is 1. The maximum absolute atomic E-state index is 11.8. The lowest BCUT2D eigenvalue weighted by molar-refractivity contribution is -0.121. The highest BCUT2D eigenvalue weighted by Gasteiger charge is 2.10. The third kappa shape index (κ3) is 4.40. The van der Waals surface area contributed by atoms with Crippen LogP contribution in [0.3, 0.4) is 0 Å². The second-order valence-electron chi connectivity index (χ2n) is 4.93. The predicted molar refractivity (Wildman–Crippen MR) is 89.2 cm³/mol. The molecule has 0 radical (unpaired) electrons. The van der Waals surface area contributed by atoms with Crippen molar-refractivity contribution < 1.29 is 9.32 Å². The van der Waals surface area contributed by atoms with Crippen molar-refractivity contribution >= 4 is 28.8 Å². The van der Waals surface area contributed by atoms with Gasteiger partial charge < -0.3 is 9.84 Å². The van der Waals surface area contributed by atoms with E-state index >= 15 is 0 Å². The maximum Gasteiger partial charge on any atom is 0.246 e. The molecule has 1 aromatic carbocycles. The van der Waals surface area contributed by atoms with Crippen LogP contribution in [0.5, 0.6) is 0 Å². The number of carbonyl (C=O) groups excluding carboxylic acids is 1. The Morgan fingerprint density at radius 2 is 2.09 bits per heavy atom. The quantitative estimate of drug-likeness (QED) is 0.738. The third-order valence-corrected chi connectivity index (χ3v) is 4.21. The Labute approximate surface area is 142 Å². The molecule has 0 unspecified atom stereocenters. The van der Waals surface area contributed by atoms with E-state index in [-0.39, 0.29) is 12.5 Å². The number of carbonyl (C=O) groups is 1. The second kappa shape index (κ2) is 7.39. The fourth-order valence-electron chi connectivity index (χ4n) is 2.00. The van der Waals surface area contributed by atoms with Crippen LogP contribution in [0.4, 0.5) is 0 Å². The van der Waals surface area contributed by atoms with Crippen LogP contribution < -0.4 is 5.32 Å². The highest BCUT2D eigenvalue weighted by atomic mass is 35.5. The topological polar surface area (TPSA) is 68.0 Å². The molecule has 0 aliphatic heterocycles. The number of nitrogens with one attached hydrogen (secondary N) is 1. The molecule has 3 aromatic rings. The highest BCUT2D eigenvalue weighted by molar-refractivity contribution is 7.07. The van der Waals surface area contributed by atoms with E-state index in [2.05, 4.69) is 15.5 Å². The molecule has 3 rings (SSSR count). The van der Waals surface area contributed by atoms with Crippen LogP contribution in [0.1, 0.15) is 17.9 Å². The van der Waals surface area contributed by atoms with E-state index in [1.165, 1.54) is 5.56 Å². The average Bonchev–Trinajstić information content (AvgIpc) is 3.23. The summed E-state index contributed by atoms with van der Waals surface area (Å²) in [6.45, 7) is 0.225. The third-order valence-electron chi connectivity index (χ3n) is 3.23. The van der Waals surface area contributed by atoms with Crippen molar-refractivity contribution in [2.75, 3.05) is 0 Å². The molecule has 0 aliphatic carbocycles. The largest absolute Gasteiger partial charge is 0.347 e. The van der Waals surface area contributed by atoms with Crippen LogP contribution in [0, 0.1) is 0 Å². The van der Waals surface area contributed by atoms with Crippen molar-refractivity contribution in [2.45, 2.75) is 19.4 Å². The van der Waals surface area contributed by atoms with Crippen LogP contribution in [-0.4, -0.2) is 16.0 Å². The van der Waals surface area contributed by atoms with Gasteiger partial charge in [0.25, 0.3) is 0 Å². The minimum Gasteiger partial charge on any atom is -0.347 e. The molecule has 5 nitrogen and oxygen atoms in total. The molecule has 0 saturated heterocycles. The van der Waals surface area contributed by atoms with Crippen molar-refractivity contribution in [1.29, 1.82) is 0 Å². The molecule has 2 aromatic heterocycles. The molecule has 1 amide bonds. The molecule has 2 heterocycles. The Balaban J connectivity index is 1.50. The Kier molecular flexibility index (Phi) is 5.05. The van der Waals surface area contributed by atoms with Crippen LogP contribution in [0.2, 0.25) is 5.02 Å². The Bertz CT molecular complexity index is 769. The molecule has 0 fully saturated rings. The molecule has 0 atom stereocenters. The summed E-state index contributed by atoms with van der Waals surface area (Å²) in [5.74, 6) is 0.811. The van der Waals surface area contributed by atoms with Crippen LogP contribution in [0.25, 0.3) is 11.4 Å². The zero-order valence-corrected chi connectivity index (χ0v) is 13.7. The lowest BCUT2D eigenvalue weighted by atomic mass is 10.2. The molecule has 118 valence electrons. The summed E-state index contributed by atoms with van der Waals surface area (Å²) < 4.78 is 5.14. The summed E-state index contributed by atoms with van der Waals surface area (Å²) in [6.07, 6.45) is 1.17. The molecule has 0 spiro atoms. The summed E-state index contributed by atoms with van der Waals surface area (Å²) >= 11 is 7.47. The zero-order valence-electron chi connectivity index (χ0n) is 12.2. The first-order valence-corrected chi connectivity index (χ1v) is 8.39. The summed E-state index contributed by atoms with van der Waals surface area (Å²) in [4.78, 5) is 16.1. The van der Waals surface area contributed by atoms with Crippen molar-refractivity contribution in [3.05, 3.63) is 57.6 Å². The van der Waals surface area contributed by atoms with Crippen molar-refractivity contribution in [1.82, 2.24) is 15.5 Å². The number of aromatic nitrogens is 2. The molecule has 0 aliphatic rings. The fraction of sp³-hybridized carbons (Fsp3) is 0.188. The number of benzene rings is 1. The summed E-state index contributed by atoms with van der Waals surface area (Å²) in [6, 6.07) is 9.18. The average molecular weight is 348 g/mol. The first kappa shape index (κ1) is 15.7. The maximum atomic E-state index is 11.8. The molecule has 0 saturated carbocycles. The number of thiophene rings is 1. The van der Waals surface area contributed by atoms with Gasteiger partial charge in [-0.15, -0.1) is 0 Å². The predicted octanol–water partition coefficient (Wildman–Crippen LogP) is 3.70. The van der Waals surface area contributed by atoms with Gasteiger partial charge in [0.2, 0.25) is 17.6 Å². The van der Waals surface area contributed by atoms with Crippen LogP contribution in [0.15, 0.2) is 45.6 Å². The summed E-state index contributed by atoms with van der Waals surface area (Å²) in [7, 11) is 0. The highest BCUT2D eigenvalue weighted by Crippen LogP contribution is 2.18. The number of aryl methyl sites for hydroxylation is 1. The van der Waals surface area contributed by atoms with Gasteiger partial charge in [-0.05, 0) is 53.1 Å². The van der Waals surface area contributed by atoms with Gasteiger partial charge in [-0.2, -0.15) is 16.3 Å². The van der Waals surface area contributed by atoms with E-state index in [9.17, 15) is 4.79 Å². The molecule has 7 heteroatoms. The SMILES string of the molecule is O=C(CCc1ccsc1)NCc1nc(-c2ccc(Cl)cc2)no1. The Morgan fingerprint density at radius 1 is 1.26 bits per heavy atom. The summed E-state index contributed by atoms with van der Waals surface area (Å²) in [5.41, 5.74) is 1.99. The van der Waals surface area contributed by atoms with E-state index in [1.807, 2.05) is 29.0 Å². The number of hydrogen-bond donors (Lipinski definition) is 1. The normalized spacial score (nSPS) is 10.7. The van der Waals surface area contributed by atoms with Crippen molar-refractivity contribution in [2.24, 2.45) is 0 Å². The van der Waals surface area contributed by atoms with Gasteiger partial charge in [0.05, 0.1) is 6.54 Å². The van der Waals surface area contributed by atoms with Gasteiger partial charge in [-0.3, -0.25) is 4.79 Å². The fourth-order valence-corrected chi connectivity index (χ4v) is 2.83. The second-order valence-corrected chi connectivity index (χ2v) is 6.14. The van der Waals surface area contributed by atoms with Gasteiger partial charge >= 0.3 is 0 Å². The molecular weight excluding hydrogens is 334 g/mol. The van der Waals surface area contributed by atoms with Gasteiger partial charge in [-0.1, -0.05) is 16.8 Å². The van der Waals surface area contributed by atoms with E-state index in [0.29, 0.717) is 23.2 Å². The Hall–Kier alpha value is -2.18. The zero-order chi connectivity index (χ0) is 16.1. The number of hydrogen-bond acceptors (Lipinski definition) is 5. The van der Waals surface area contributed by atoms with Crippen LogP contribution in [-0.2, 0) is 17.8 Å². The number of amides is 1. The van der Waals surface area contributed by atoms with Gasteiger partial charge in [0.15, 0.2) is 0 Å². The summed E-state index contributed by atoms with van der Waals surface area (Å²) in [5, 5.41) is 11.4. The van der Waals surface area contributed by atoms with E-state index in [1.54, 1.807) is 23.5 Å². The van der Waals surface area contributed by atoms with Crippen LogP contribution >= 0.6 is 22.9 Å². The molecule has 23 heavy (non-hydrogen) atoms. The molecule has 0 bridgehead atoms. The Morgan fingerprint density at radius 3 is 2.83 bits per heavy atom.